The minimum Gasteiger partial charge on any atom is -0.340 e. The Morgan fingerprint density at radius 1 is 0.880 bits per heavy atom. The zero-order chi connectivity index (χ0) is 17.8. The van der Waals surface area contributed by atoms with Gasteiger partial charge in [-0.2, -0.15) is 0 Å². The van der Waals surface area contributed by atoms with Crippen LogP contribution in [0.1, 0.15) is 27.0 Å². The molecule has 0 spiro atoms. The Kier molecular flexibility index (Phi) is 4.80. The Morgan fingerprint density at radius 2 is 1.60 bits per heavy atom. The van der Waals surface area contributed by atoms with E-state index in [4.69, 9.17) is 0 Å². The molecule has 1 aromatic heterocycles. The predicted molar refractivity (Wildman–Crippen MR) is 103 cm³/mol. The molecule has 1 heterocycles. The number of nitrogens with one attached hydrogen (secondary N) is 2. The largest absolute Gasteiger partial charge is 0.340 e. The molecule has 3 rings (SSSR count). The number of hydrogen-bond acceptors (Lipinski definition) is 3. The number of benzene rings is 2. The molecule has 0 saturated heterocycles. The highest BCUT2D eigenvalue weighted by Gasteiger charge is 2.08. The van der Waals surface area contributed by atoms with Gasteiger partial charge in [0.05, 0.1) is 11.9 Å². The zero-order valence-corrected chi connectivity index (χ0v) is 14.6. The fourth-order valence-corrected chi connectivity index (χ4v) is 2.76. The standard InChI is InChI=1S/C21H21N3O/c1-14-10-15(2)12-18(11-14)23-20-9-8-17(13-22-20)24-21(25)19-7-5-4-6-16(19)3/h4-13H,1-3H3,(H,22,23)(H,24,25). The van der Waals surface area contributed by atoms with E-state index in [2.05, 4.69) is 47.7 Å². The molecule has 126 valence electrons. The molecular weight excluding hydrogens is 310 g/mol. The number of aromatic nitrogens is 1. The Balaban J connectivity index is 1.70. The third kappa shape index (κ3) is 4.23. The average Bonchev–Trinajstić information content (AvgIpc) is 2.56. The Morgan fingerprint density at radius 3 is 2.24 bits per heavy atom. The monoisotopic (exact) mass is 331 g/mol. The van der Waals surface area contributed by atoms with Gasteiger partial charge in [-0.1, -0.05) is 24.3 Å². The van der Waals surface area contributed by atoms with Gasteiger partial charge in [-0.25, -0.2) is 4.98 Å². The van der Waals surface area contributed by atoms with Gasteiger partial charge >= 0.3 is 0 Å². The lowest BCUT2D eigenvalue weighted by Gasteiger charge is -2.10. The molecule has 25 heavy (non-hydrogen) atoms. The molecule has 2 N–H and O–H groups in total. The molecule has 0 aliphatic carbocycles. The van der Waals surface area contributed by atoms with Crippen LogP contribution in [0, 0.1) is 20.8 Å². The third-order valence-electron chi connectivity index (χ3n) is 3.91. The fourth-order valence-electron chi connectivity index (χ4n) is 2.76. The van der Waals surface area contributed by atoms with E-state index < -0.39 is 0 Å². The second-order valence-corrected chi connectivity index (χ2v) is 6.20. The van der Waals surface area contributed by atoms with Crippen LogP contribution < -0.4 is 10.6 Å². The highest BCUT2D eigenvalue weighted by Crippen LogP contribution is 2.19. The minimum absolute atomic E-state index is 0.130. The molecule has 3 aromatic rings. The zero-order valence-electron chi connectivity index (χ0n) is 14.6. The summed E-state index contributed by atoms with van der Waals surface area (Å²) in [4.78, 5) is 16.7. The molecule has 2 aromatic carbocycles. The number of carbonyl (C=O) groups excluding carboxylic acids is 1. The number of nitrogens with zero attached hydrogens (tertiary/aromatic N) is 1. The quantitative estimate of drug-likeness (QED) is 0.707. The van der Waals surface area contributed by atoms with Gasteiger partial charge in [0.25, 0.3) is 5.91 Å². The van der Waals surface area contributed by atoms with Crippen molar-refractivity contribution in [3.05, 3.63) is 83.0 Å². The smallest absolute Gasteiger partial charge is 0.255 e. The van der Waals surface area contributed by atoms with E-state index in [0.717, 1.165) is 17.1 Å². The van der Waals surface area contributed by atoms with Crippen LogP contribution in [0.4, 0.5) is 17.2 Å². The number of rotatable bonds is 4. The first-order valence-corrected chi connectivity index (χ1v) is 8.19. The molecule has 0 radical (unpaired) electrons. The van der Waals surface area contributed by atoms with E-state index in [1.807, 2.05) is 43.3 Å². The summed E-state index contributed by atoms with van der Waals surface area (Å²) in [6.07, 6.45) is 1.65. The maximum absolute atomic E-state index is 12.3. The van der Waals surface area contributed by atoms with Gasteiger partial charge in [0.2, 0.25) is 0 Å². The van der Waals surface area contributed by atoms with Crippen molar-refractivity contribution in [1.82, 2.24) is 4.98 Å². The molecule has 0 fully saturated rings. The summed E-state index contributed by atoms with van der Waals surface area (Å²) >= 11 is 0. The molecule has 4 heteroatoms. The number of aryl methyl sites for hydroxylation is 3. The second-order valence-electron chi connectivity index (χ2n) is 6.20. The van der Waals surface area contributed by atoms with Gasteiger partial charge in [-0.05, 0) is 67.8 Å². The number of carbonyl (C=O) groups is 1. The van der Waals surface area contributed by atoms with E-state index in [0.29, 0.717) is 11.3 Å². The van der Waals surface area contributed by atoms with Crippen LogP contribution in [-0.2, 0) is 0 Å². The fraction of sp³-hybridized carbons (Fsp3) is 0.143. The first-order chi connectivity index (χ1) is 12.0. The first-order valence-electron chi connectivity index (χ1n) is 8.19. The number of amides is 1. The molecule has 0 unspecified atom stereocenters. The van der Waals surface area contributed by atoms with Gasteiger partial charge in [0.1, 0.15) is 5.82 Å². The predicted octanol–water partition coefficient (Wildman–Crippen LogP) is 5.00. The van der Waals surface area contributed by atoms with Crippen molar-refractivity contribution in [2.75, 3.05) is 10.6 Å². The minimum atomic E-state index is -0.130. The molecule has 0 bridgehead atoms. The molecular formula is C21H21N3O. The summed E-state index contributed by atoms with van der Waals surface area (Å²) in [5.74, 6) is 0.605. The summed E-state index contributed by atoms with van der Waals surface area (Å²) in [6, 6.07) is 17.5. The molecule has 4 nitrogen and oxygen atoms in total. The Hall–Kier alpha value is -3.14. The van der Waals surface area contributed by atoms with Crippen molar-refractivity contribution in [1.29, 1.82) is 0 Å². The third-order valence-corrected chi connectivity index (χ3v) is 3.91. The molecule has 0 saturated carbocycles. The van der Waals surface area contributed by atoms with E-state index >= 15 is 0 Å². The van der Waals surface area contributed by atoms with Gasteiger partial charge in [0, 0.05) is 11.3 Å². The summed E-state index contributed by atoms with van der Waals surface area (Å²) in [7, 11) is 0. The van der Waals surface area contributed by atoms with E-state index in [9.17, 15) is 4.79 Å². The lowest BCUT2D eigenvalue weighted by molar-refractivity contribution is 0.102. The van der Waals surface area contributed by atoms with Crippen molar-refractivity contribution >= 4 is 23.1 Å². The second kappa shape index (κ2) is 7.18. The summed E-state index contributed by atoms with van der Waals surface area (Å²) < 4.78 is 0. The molecule has 1 amide bonds. The summed E-state index contributed by atoms with van der Waals surface area (Å²) in [5, 5.41) is 6.16. The van der Waals surface area contributed by atoms with Crippen molar-refractivity contribution in [2.45, 2.75) is 20.8 Å². The van der Waals surface area contributed by atoms with Gasteiger partial charge in [-0.15, -0.1) is 0 Å². The van der Waals surface area contributed by atoms with Crippen LogP contribution in [0.3, 0.4) is 0 Å². The average molecular weight is 331 g/mol. The Labute approximate surface area is 147 Å². The maximum atomic E-state index is 12.3. The first kappa shape index (κ1) is 16.7. The lowest BCUT2D eigenvalue weighted by atomic mass is 10.1. The Bertz CT molecular complexity index is 881. The highest BCUT2D eigenvalue weighted by atomic mass is 16.1. The van der Waals surface area contributed by atoms with Gasteiger partial charge in [0.15, 0.2) is 0 Å². The van der Waals surface area contributed by atoms with Crippen LogP contribution in [-0.4, -0.2) is 10.9 Å². The van der Waals surface area contributed by atoms with E-state index in [1.165, 1.54) is 11.1 Å². The van der Waals surface area contributed by atoms with Crippen LogP contribution in [0.15, 0.2) is 60.8 Å². The van der Waals surface area contributed by atoms with Crippen molar-refractivity contribution in [3.63, 3.8) is 0 Å². The SMILES string of the molecule is Cc1cc(C)cc(Nc2ccc(NC(=O)c3ccccc3C)cn2)c1. The number of pyridine rings is 1. The highest BCUT2D eigenvalue weighted by molar-refractivity contribution is 6.05. The van der Waals surface area contributed by atoms with E-state index in [1.54, 1.807) is 6.20 Å². The van der Waals surface area contributed by atoms with Crippen LogP contribution >= 0.6 is 0 Å². The summed E-state index contributed by atoms with van der Waals surface area (Å²) in [5.41, 5.74) is 5.68. The number of anilines is 3. The van der Waals surface area contributed by atoms with Crippen molar-refractivity contribution in [3.8, 4) is 0 Å². The number of hydrogen-bond donors (Lipinski definition) is 2. The van der Waals surface area contributed by atoms with Crippen molar-refractivity contribution in [2.24, 2.45) is 0 Å². The lowest BCUT2D eigenvalue weighted by Crippen LogP contribution is -2.13. The van der Waals surface area contributed by atoms with Crippen LogP contribution in [0.5, 0.6) is 0 Å². The van der Waals surface area contributed by atoms with Gasteiger partial charge in [-0.3, -0.25) is 4.79 Å². The molecule has 0 atom stereocenters. The van der Waals surface area contributed by atoms with Crippen LogP contribution in [0.25, 0.3) is 0 Å². The van der Waals surface area contributed by atoms with E-state index in [-0.39, 0.29) is 5.91 Å². The summed E-state index contributed by atoms with van der Waals surface area (Å²) in [6.45, 7) is 6.05. The maximum Gasteiger partial charge on any atom is 0.255 e. The van der Waals surface area contributed by atoms with Gasteiger partial charge < -0.3 is 10.6 Å². The molecule has 0 aliphatic rings. The topological polar surface area (TPSA) is 54.0 Å². The molecule has 0 aliphatic heterocycles. The normalized spacial score (nSPS) is 10.4. The van der Waals surface area contributed by atoms with Crippen molar-refractivity contribution < 1.29 is 4.79 Å². The van der Waals surface area contributed by atoms with Crippen LogP contribution in [0.2, 0.25) is 0 Å².